The highest BCUT2D eigenvalue weighted by atomic mass is 35.5. The summed E-state index contributed by atoms with van der Waals surface area (Å²) in [5.74, 6) is 0.195. The topological polar surface area (TPSA) is 29.1 Å². The standard InChI is InChI=1S/C15H18ClNO/c1-10-6-11(16)4-5-14(10)17-12-7-13(18)9-15(2,3)8-12/h4-7,17H,8-9H2,1-3H3. The van der Waals surface area contributed by atoms with E-state index in [1.807, 2.05) is 25.1 Å². The molecule has 0 radical (unpaired) electrons. The van der Waals surface area contributed by atoms with E-state index in [0.29, 0.717) is 6.42 Å². The molecule has 0 aromatic heterocycles. The van der Waals surface area contributed by atoms with E-state index in [-0.39, 0.29) is 11.2 Å². The fourth-order valence-corrected chi connectivity index (χ4v) is 2.59. The van der Waals surface area contributed by atoms with E-state index in [2.05, 4.69) is 19.2 Å². The number of ketones is 1. The van der Waals surface area contributed by atoms with Crippen molar-refractivity contribution in [1.29, 1.82) is 0 Å². The van der Waals surface area contributed by atoms with Gasteiger partial charge in [-0.1, -0.05) is 25.4 Å². The Morgan fingerprint density at radius 3 is 2.61 bits per heavy atom. The van der Waals surface area contributed by atoms with Crippen molar-refractivity contribution in [1.82, 2.24) is 0 Å². The molecule has 0 spiro atoms. The average Bonchev–Trinajstić information content (AvgIpc) is 2.19. The predicted molar refractivity (Wildman–Crippen MR) is 75.9 cm³/mol. The van der Waals surface area contributed by atoms with Crippen molar-refractivity contribution in [3.8, 4) is 0 Å². The molecule has 18 heavy (non-hydrogen) atoms. The summed E-state index contributed by atoms with van der Waals surface area (Å²) >= 11 is 5.93. The number of carbonyl (C=O) groups is 1. The van der Waals surface area contributed by atoms with Crippen molar-refractivity contribution in [2.45, 2.75) is 33.6 Å². The van der Waals surface area contributed by atoms with Crippen LogP contribution in [0.3, 0.4) is 0 Å². The van der Waals surface area contributed by atoms with Gasteiger partial charge in [-0.15, -0.1) is 0 Å². The zero-order chi connectivity index (χ0) is 13.3. The summed E-state index contributed by atoms with van der Waals surface area (Å²) < 4.78 is 0. The molecule has 1 N–H and O–H groups in total. The van der Waals surface area contributed by atoms with E-state index in [1.54, 1.807) is 6.08 Å². The Labute approximate surface area is 113 Å². The molecule has 96 valence electrons. The van der Waals surface area contributed by atoms with Gasteiger partial charge in [-0.25, -0.2) is 0 Å². The Balaban J connectivity index is 2.21. The van der Waals surface area contributed by atoms with E-state index in [1.165, 1.54) is 0 Å². The van der Waals surface area contributed by atoms with Crippen molar-refractivity contribution in [2.75, 3.05) is 5.32 Å². The number of rotatable bonds is 2. The van der Waals surface area contributed by atoms with Crippen LogP contribution in [0.5, 0.6) is 0 Å². The van der Waals surface area contributed by atoms with Crippen LogP contribution in [0.4, 0.5) is 5.69 Å². The van der Waals surface area contributed by atoms with Crippen LogP contribution in [0.15, 0.2) is 30.0 Å². The van der Waals surface area contributed by atoms with Crippen LogP contribution in [-0.4, -0.2) is 5.78 Å². The number of carbonyl (C=O) groups excluding carboxylic acids is 1. The highest BCUT2D eigenvalue weighted by molar-refractivity contribution is 6.30. The molecule has 0 fully saturated rings. The number of halogens is 1. The molecule has 0 heterocycles. The fourth-order valence-electron chi connectivity index (χ4n) is 2.37. The quantitative estimate of drug-likeness (QED) is 0.860. The zero-order valence-electron chi connectivity index (χ0n) is 11.0. The molecule has 0 amide bonds. The van der Waals surface area contributed by atoms with Crippen molar-refractivity contribution in [3.05, 3.63) is 40.6 Å². The van der Waals surface area contributed by atoms with Gasteiger partial charge in [0.25, 0.3) is 0 Å². The summed E-state index contributed by atoms with van der Waals surface area (Å²) in [6.07, 6.45) is 3.23. The van der Waals surface area contributed by atoms with Gasteiger partial charge in [-0.05, 0) is 42.5 Å². The lowest BCUT2D eigenvalue weighted by molar-refractivity contribution is -0.117. The summed E-state index contributed by atoms with van der Waals surface area (Å²) in [6, 6.07) is 5.72. The van der Waals surface area contributed by atoms with E-state index in [0.717, 1.165) is 28.4 Å². The lowest BCUT2D eigenvalue weighted by Crippen LogP contribution is -2.24. The first kappa shape index (κ1) is 13.2. The molecular formula is C15H18ClNO. The number of nitrogens with one attached hydrogen (secondary N) is 1. The van der Waals surface area contributed by atoms with Crippen LogP contribution >= 0.6 is 11.6 Å². The van der Waals surface area contributed by atoms with Crippen LogP contribution < -0.4 is 5.32 Å². The van der Waals surface area contributed by atoms with Gasteiger partial charge in [0.1, 0.15) is 0 Å². The molecule has 0 unspecified atom stereocenters. The molecule has 1 aromatic rings. The van der Waals surface area contributed by atoms with Crippen LogP contribution in [-0.2, 0) is 4.79 Å². The average molecular weight is 264 g/mol. The molecule has 0 aliphatic heterocycles. The van der Waals surface area contributed by atoms with Gasteiger partial charge in [0.2, 0.25) is 0 Å². The minimum Gasteiger partial charge on any atom is -0.359 e. The molecule has 1 aliphatic carbocycles. The molecule has 2 nitrogen and oxygen atoms in total. The van der Waals surface area contributed by atoms with Crippen LogP contribution in [0, 0.1) is 12.3 Å². The molecule has 2 rings (SSSR count). The van der Waals surface area contributed by atoms with Gasteiger partial charge in [-0.3, -0.25) is 4.79 Å². The maximum atomic E-state index is 11.7. The van der Waals surface area contributed by atoms with E-state index in [9.17, 15) is 4.79 Å². The van der Waals surface area contributed by atoms with Crippen molar-refractivity contribution in [2.24, 2.45) is 5.41 Å². The number of benzene rings is 1. The zero-order valence-corrected chi connectivity index (χ0v) is 11.8. The number of anilines is 1. The van der Waals surface area contributed by atoms with Crippen molar-refractivity contribution < 1.29 is 4.79 Å². The second-order valence-corrected chi connectivity index (χ2v) is 6.17. The van der Waals surface area contributed by atoms with Gasteiger partial charge in [-0.2, -0.15) is 0 Å². The van der Waals surface area contributed by atoms with Crippen molar-refractivity contribution >= 4 is 23.1 Å². The second kappa shape index (κ2) is 4.77. The SMILES string of the molecule is Cc1cc(Cl)ccc1NC1=CC(=O)CC(C)(C)C1. The first-order chi connectivity index (χ1) is 8.35. The normalized spacial score (nSPS) is 18.4. The molecule has 0 atom stereocenters. The first-order valence-electron chi connectivity index (χ1n) is 6.12. The lowest BCUT2D eigenvalue weighted by Gasteiger charge is -2.29. The lowest BCUT2D eigenvalue weighted by atomic mass is 9.79. The van der Waals surface area contributed by atoms with E-state index >= 15 is 0 Å². The third kappa shape index (κ3) is 3.14. The van der Waals surface area contributed by atoms with E-state index < -0.39 is 0 Å². The second-order valence-electron chi connectivity index (χ2n) is 5.74. The number of hydrogen-bond acceptors (Lipinski definition) is 2. The molecule has 0 saturated carbocycles. The highest BCUT2D eigenvalue weighted by Gasteiger charge is 2.27. The summed E-state index contributed by atoms with van der Waals surface area (Å²) in [6.45, 7) is 6.24. The van der Waals surface area contributed by atoms with Gasteiger partial charge < -0.3 is 5.32 Å². The monoisotopic (exact) mass is 263 g/mol. The molecule has 0 saturated heterocycles. The van der Waals surface area contributed by atoms with Crippen LogP contribution in [0.1, 0.15) is 32.3 Å². The Bertz CT molecular complexity index is 517. The van der Waals surface area contributed by atoms with E-state index in [4.69, 9.17) is 11.6 Å². The summed E-state index contributed by atoms with van der Waals surface area (Å²) in [5.41, 5.74) is 3.12. The highest BCUT2D eigenvalue weighted by Crippen LogP contribution is 2.34. The van der Waals surface area contributed by atoms with Crippen LogP contribution in [0.25, 0.3) is 0 Å². The summed E-state index contributed by atoms with van der Waals surface area (Å²) in [7, 11) is 0. The minimum atomic E-state index is 0.0362. The third-order valence-electron chi connectivity index (χ3n) is 3.14. The largest absolute Gasteiger partial charge is 0.359 e. The number of allylic oxidation sites excluding steroid dienone is 2. The summed E-state index contributed by atoms with van der Waals surface area (Å²) in [5, 5.41) is 4.07. The molecular weight excluding hydrogens is 246 g/mol. The Morgan fingerprint density at radius 1 is 1.28 bits per heavy atom. The van der Waals surface area contributed by atoms with Gasteiger partial charge >= 0.3 is 0 Å². The van der Waals surface area contributed by atoms with Gasteiger partial charge in [0.05, 0.1) is 0 Å². The first-order valence-corrected chi connectivity index (χ1v) is 6.50. The molecule has 1 aliphatic rings. The van der Waals surface area contributed by atoms with Crippen LogP contribution in [0.2, 0.25) is 5.02 Å². The third-order valence-corrected chi connectivity index (χ3v) is 3.38. The number of hydrogen-bond donors (Lipinski definition) is 1. The number of aryl methyl sites for hydroxylation is 1. The smallest absolute Gasteiger partial charge is 0.157 e. The maximum Gasteiger partial charge on any atom is 0.157 e. The van der Waals surface area contributed by atoms with Crippen molar-refractivity contribution in [3.63, 3.8) is 0 Å². The molecule has 0 bridgehead atoms. The van der Waals surface area contributed by atoms with Gasteiger partial charge in [0, 0.05) is 28.9 Å². The maximum absolute atomic E-state index is 11.7. The Kier molecular flexibility index (Phi) is 3.49. The summed E-state index contributed by atoms with van der Waals surface area (Å²) in [4.78, 5) is 11.7. The molecule has 1 aromatic carbocycles. The Hall–Kier alpha value is -1.28. The fraction of sp³-hybridized carbons (Fsp3) is 0.400. The Morgan fingerprint density at radius 2 is 2.00 bits per heavy atom. The molecule has 3 heteroatoms. The predicted octanol–water partition coefficient (Wildman–Crippen LogP) is 4.33. The van der Waals surface area contributed by atoms with Gasteiger partial charge in [0.15, 0.2) is 5.78 Å². The minimum absolute atomic E-state index is 0.0362.